The number of pyridine rings is 1. The Bertz CT molecular complexity index is 410. The summed E-state index contributed by atoms with van der Waals surface area (Å²) in [7, 11) is 0. The summed E-state index contributed by atoms with van der Waals surface area (Å²) in [6, 6.07) is 3.39. The van der Waals surface area contributed by atoms with E-state index in [9.17, 15) is 4.79 Å². The molecule has 0 spiro atoms. The third-order valence-corrected chi connectivity index (χ3v) is 4.18. The number of aromatic nitrogens is 1. The largest absolute Gasteiger partial charge is 0.384 e. The molecule has 0 bridgehead atoms. The molecule has 5 heteroatoms. The number of hydrogen-bond donors (Lipinski definition) is 2. The first-order valence-corrected chi connectivity index (χ1v) is 7.41. The fraction of sp³-hybridized carbons (Fsp3) is 0.538. The Morgan fingerprint density at radius 2 is 2.22 bits per heavy atom. The van der Waals surface area contributed by atoms with Crippen molar-refractivity contribution < 1.29 is 4.79 Å². The maximum atomic E-state index is 12.0. The highest BCUT2D eigenvalue weighted by molar-refractivity contribution is 7.99. The summed E-state index contributed by atoms with van der Waals surface area (Å²) in [6.45, 7) is 2.60. The molecule has 0 aromatic carbocycles. The SMILES string of the molecule is Cc1cc(C(=O)NCC2CCSCC2)cc(N)n1. The second-order valence-corrected chi connectivity index (χ2v) is 5.91. The lowest BCUT2D eigenvalue weighted by Gasteiger charge is -2.21. The van der Waals surface area contributed by atoms with E-state index in [-0.39, 0.29) is 5.91 Å². The summed E-state index contributed by atoms with van der Waals surface area (Å²) < 4.78 is 0. The van der Waals surface area contributed by atoms with Gasteiger partial charge in [0.25, 0.3) is 5.91 Å². The van der Waals surface area contributed by atoms with Gasteiger partial charge in [0.2, 0.25) is 0 Å². The molecule has 18 heavy (non-hydrogen) atoms. The number of thioether (sulfide) groups is 1. The first-order chi connectivity index (χ1) is 8.65. The van der Waals surface area contributed by atoms with Crippen molar-refractivity contribution in [3.8, 4) is 0 Å². The summed E-state index contributed by atoms with van der Waals surface area (Å²) in [4.78, 5) is 16.1. The molecule has 3 N–H and O–H groups in total. The molecule has 0 aliphatic carbocycles. The van der Waals surface area contributed by atoms with Gasteiger partial charge in [-0.15, -0.1) is 0 Å². The van der Waals surface area contributed by atoms with Crippen molar-refractivity contribution in [1.29, 1.82) is 0 Å². The minimum Gasteiger partial charge on any atom is -0.384 e. The Balaban J connectivity index is 1.90. The van der Waals surface area contributed by atoms with Crippen LogP contribution in [0.1, 0.15) is 28.9 Å². The second-order valence-electron chi connectivity index (χ2n) is 4.69. The van der Waals surface area contributed by atoms with Gasteiger partial charge >= 0.3 is 0 Å². The van der Waals surface area contributed by atoms with Crippen molar-refractivity contribution in [2.45, 2.75) is 19.8 Å². The third kappa shape index (κ3) is 3.63. The first kappa shape index (κ1) is 13.2. The van der Waals surface area contributed by atoms with Gasteiger partial charge in [-0.05, 0) is 49.3 Å². The number of hydrogen-bond acceptors (Lipinski definition) is 4. The van der Waals surface area contributed by atoms with Gasteiger partial charge in [-0.1, -0.05) is 0 Å². The average molecular weight is 265 g/mol. The molecular formula is C13H19N3OS. The van der Waals surface area contributed by atoms with E-state index in [2.05, 4.69) is 10.3 Å². The highest BCUT2D eigenvalue weighted by Crippen LogP contribution is 2.21. The Labute approximate surface area is 112 Å². The molecule has 1 aromatic rings. The van der Waals surface area contributed by atoms with Crippen LogP contribution in [0.4, 0.5) is 5.82 Å². The number of amides is 1. The average Bonchev–Trinajstić information content (AvgIpc) is 2.36. The zero-order valence-electron chi connectivity index (χ0n) is 10.6. The van der Waals surface area contributed by atoms with E-state index >= 15 is 0 Å². The van der Waals surface area contributed by atoms with Crippen molar-refractivity contribution in [2.75, 3.05) is 23.8 Å². The Kier molecular flexibility index (Phi) is 4.47. The molecule has 1 saturated heterocycles. The zero-order chi connectivity index (χ0) is 13.0. The highest BCUT2D eigenvalue weighted by Gasteiger charge is 2.15. The van der Waals surface area contributed by atoms with Crippen LogP contribution in [0.2, 0.25) is 0 Å². The van der Waals surface area contributed by atoms with E-state index in [0.29, 0.717) is 17.3 Å². The molecule has 1 aliphatic heterocycles. The number of rotatable bonds is 3. The molecule has 0 radical (unpaired) electrons. The van der Waals surface area contributed by atoms with Crippen LogP contribution in [0.25, 0.3) is 0 Å². The molecule has 2 rings (SSSR count). The van der Waals surface area contributed by atoms with Gasteiger partial charge < -0.3 is 11.1 Å². The van der Waals surface area contributed by atoms with Crippen LogP contribution in [0, 0.1) is 12.8 Å². The maximum absolute atomic E-state index is 12.0. The summed E-state index contributed by atoms with van der Waals surface area (Å²) in [5, 5.41) is 2.99. The summed E-state index contributed by atoms with van der Waals surface area (Å²) in [5.41, 5.74) is 7.02. The first-order valence-electron chi connectivity index (χ1n) is 6.25. The van der Waals surface area contributed by atoms with Crippen LogP contribution in [0.5, 0.6) is 0 Å². The van der Waals surface area contributed by atoms with Crippen LogP contribution in [0.15, 0.2) is 12.1 Å². The van der Waals surface area contributed by atoms with Crippen molar-refractivity contribution in [3.63, 3.8) is 0 Å². The lowest BCUT2D eigenvalue weighted by molar-refractivity contribution is 0.0946. The van der Waals surface area contributed by atoms with Crippen molar-refractivity contribution in [3.05, 3.63) is 23.4 Å². The molecule has 98 valence electrons. The normalized spacial score (nSPS) is 16.5. The predicted octanol–water partition coefficient (Wildman–Crippen LogP) is 1.85. The second kappa shape index (κ2) is 6.09. The van der Waals surface area contributed by atoms with Gasteiger partial charge in [0, 0.05) is 17.8 Å². The molecule has 1 fully saturated rings. The number of aryl methyl sites for hydroxylation is 1. The number of nitrogens with one attached hydrogen (secondary N) is 1. The van der Waals surface area contributed by atoms with E-state index in [1.165, 1.54) is 24.3 Å². The van der Waals surface area contributed by atoms with E-state index in [1.807, 2.05) is 18.7 Å². The number of anilines is 1. The summed E-state index contributed by atoms with van der Waals surface area (Å²) in [6.07, 6.45) is 2.39. The molecule has 1 amide bonds. The fourth-order valence-electron chi connectivity index (χ4n) is 2.11. The van der Waals surface area contributed by atoms with E-state index in [4.69, 9.17) is 5.73 Å². The fourth-order valence-corrected chi connectivity index (χ4v) is 3.32. The lowest BCUT2D eigenvalue weighted by atomic mass is 10.0. The molecular weight excluding hydrogens is 246 g/mol. The van der Waals surface area contributed by atoms with E-state index in [1.54, 1.807) is 12.1 Å². The van der Waals surface area contributed by atoms with Gasteiger partial charge in [0.1, 0.15) is 5.82 Å². The number of carbonyl (C=O) groups is 1. The summed E-state index contributed by atoms with van der Waals surface area (Å²) in [5.74, 6) is 3.39. The molecule has 4 nitrogen and oxygen atoms in total. The molecule has 0 saturated carbocycles. The predicted molar refractivity (Wildman–Crippen MR) is 75.8 cm³/mol. The number of carbonyl (C=O) groups excluding carboxylic acids is 1. The van der Waals surface area contributed by atoms with Crippen molar-refractivity contribution in [1.82, 2.24) is 10.3 Å². The minimum atomic E-state index is -0.0505. The van der Waals surface area contributed by atoms with Gasteiger partial charge in [-0.3, -0.25) is 4.79 Å². The number of nitrogens with two attached hydrogens (primary N) is 1. The standard InChI is InChI=1S/C13H19N3OS/c1-9-6-11(7-12(14)16-9)13(17)15-8-10-2-4-18-5-3-10/h6-7,10H,2-5,8H2,1H3,(H2,14,16)(H,15,17). The van der Waals surface area contributed by atoms with Gasteiger partial charge in [0.15, 0.2) is 0 Å². The molecule has 0 atom stereocenters. The quantitative estimate of drug-likeness (QED) is 0.875. The third-order valence-electron chi connectivity index (χ3n) is 3.13. The van der Waals surface area contributed by atoms with Gasteiger partial charge in [-0.2, -0.15) is 11.8 Å². The highest BCUT2D eigenvalue weighted by atomic mass is 32.2. The molecule has 1 aromatic heterocycles. The Hall–Kier alpha value is -1.23. The van der Waals surface area contributed by atoms with E-state index < -0.39 is 0 Å². The molecule has 1 aliphatic rings. The van der Waals surface area contributed by atoms with Crippen LogP contribution in [-0.4, -0.2) is 28.9 Å². The lowest BCUT2D eigenvalue weighted by Crippen LogP contribution is -2.31. The monoisotopic (exact) mass is 265 g/mol. The smallest absolute Gasteiger partial charge is 0.251 e. The van der Waals surface area contributed by atoms with Crippen LogP contribution >= 0.6 is 11.8 Å². The minimum absolute atomic E-state index is 0.0505. The molecule has 0 unspecified atom stereocenters. The Morgan fingerprint density at radius 1 is 1.50 bits per heavy atom. The zero-order valence-corrected chi connectivity index (χ0v) is 11.4. The summed E-state index contributed by atoms with van der Waals surface area (Å²) >= 11 is 2.00. The van der Waals surface area contributed by atoms with Gasteiger partial charge in [-0.25, -0.2) is 4.98 Å². The number of nitrogen functional groups attached to an aromatic ring is 1. The molecule has 2 heterocycles. The van der Waals surface area contributed by atoms with Gasteiger partial charge in [0.05, 0.1) is 0 Å². The van der Waals surface area contributed by atoms with Crippen molar-refractivity contribution >= 4 is 23.5 Å². The maximum Gasteiger partial charge on any atom is 0.251 e. The van der Waals surface area contributed by atoms with Crippen LogP contribution < -0.4 is 11.1 Å². The van der Waals surface area contributed by atoms with Crippen molar-refractivity contribution in [2.24, 2.45) is 5.92 Å². The van der Waals surface area contributed by atoms with E-state index in [0.717, 1.165) is 12.2 Å². The topological polar surface area (TPSA) is 68.0 Å². The Morgan fingerprint density at radius 3 is 2.89 bits per heavy atom. The van der Waals surface area contributed by atoms with Crippen LogP contribution in [-0.2, 0) is 0 Å². The van der Waals surface area contributed by atoms with Crippen LogP contribution in [0.3, 0.4) is 0 Å². The number of nitrogens with zero attached hydrogens (tertiary/aromatic N) is 1.